The SMILES string of the molecule is COc1ccc(OCC2CN(C)CCO2)c(Br)c1. The highest BCUT2D eigenvalue weighted by molar-refractivity contribution is 9.10. The van der Waals surface area contributed by atoms with Crippen molar-refractivity contribution < 1.29 is 14.2 Å². The molecule has 1 fully saturated rings. The van der Waals surface area contributed by atoms with Crippen molar-refractivity contribution in [3.63, 3.8) is 0 Å². The molecule has 18 heavy (non-hydrogen) atoms. The monoisotopic (exact) mass is 315 g/mol. The quantitative estimate of drug-likeness (QED) is 0.852. The molecule has 1 aliphatic heterocycles. The number of methoxy groups -OCH3 is 1. The van der Waals surface area contributed by atoms with Gasteiger partial charge in [-0.3, -0.25) is 0 Å². The number of rotatable bonds is 4. The topological polar surface area (TPSA) is 30.9 Å². The maximum Gasteiger partial charge on any atom is 0.133 e. The van der Waals surface area contributed by atoms with Gasteiger partial charge >= 0.3 is 0 Å². The molecule has 100 valence electrons. The molecule has 0 radical (unpaired) electrons. The number of halogens is 1. The first kappa shape index (κ1) is 13.6. The minimum Gasteiger partial charge on any atom is -0.497 e. The third-order valence-corrected chi connectivity index (χ3v) is 3.53. The molecular weight excluding hydrogens is 298 g/mol. The molecule has 0 aliphatic carbocycles. The van der Waals surface area contributed by atoms with Crippen LogP contribution in [0.5, 0.6) is 11.5 Å². The zero-order chi connectivity index (χ0) is 13.0. The number of nitrogens with zero attached hydrogens (tertiary/aromatic N) is 1. The summed E-state index contributed by atoms with van der Waals surface area (Å²) < 4.78 is 17.5. The van der Waals surface area contributed by atoms with E-state index in [4.69, 9.17) is 14.2 Å². The average molecular weight is 316 g/mol. The van der Waals surface area contributed by atoms with E-state index in [2.05, 4.69) is 27.9 Å². The molecule has 1 aromatic rings. The van der Waals surface area contributed by atoms with E-state index in [1.165, 1.54) is 0 Å². The minimum absolute atomic E-state index is 0.137. The van der Waals surface area contributed by atoms with E-state index in [1.54, 1.807) is 7.11 Å². The first-order chi connectivity index (χ1) is 8.69. The lowest BCUT2D eigenvalue weighted by molar-refractivity contribution is -0.0404. The van der Waals surface area contributed by atoms with Crippen molar-refractivity contribution in [2.75, 3.05) is 40.5 Å². The van der Waals surface area contributed by atoms with Crippen molar-refractivity contribution in [2.45, 2.75) is 6.10 Å². The second kappa shape index (κ2) is 6.41. The Hall–Kier alpha value is -0.780. The Bertz CT molecular complexity index is 400. The second-order valence-corrected chi connectivity index (χ2v) is 5.22. The molecule has 1 saturated heterocycles. The molecule has 0 aromatic heterocycles. The zero-order valence-corrected chi connectivity index (χ0v) is 12.3. The van der Waals surface area contributed by atoms with Gasteiger partial charge in [0.05, 0.1) is 18.2 Å². The molecule has 4 nitrogen and oxygen atoms in total. The molecular formula is C13H18BrNO3. The van der Waals surface area contributed by atoms with Gasteiger partial charge in [-0.1, -0.05) is 0 Å². The van der Waals surface area contributed by atoms with Gasteiger partial charge in [0.25, 0.3) is 0 Å². The van der Waals surface area contributed by atoms with E-state index in [9.17, 15) is 0 Å². The van der Waals surface area contributed by atoms with Gasteiger partial charge < -0.3 is 19.1 Å². The number of likely N-dealkylation sites (N-methyl/N-ethyl adjacent to an activating group) is 1. The molecule has 1 aromatic carbocycles. The molecule has 0 spiro atoms. The summed E-state index contributed by atoms with van der Waals surface area (Å²) in [5, 5.41) is 0. The van der Waals surface area contributed by atoms with Gasteiger partial charge in [0.2, 0.25) is 0 Å². The lowest BCUT2D eigenvalue weighted by Gasteiger charge is -2.29. The van der Waals surface area contributed by atoms with Crippen molar-refractivity contribution in [2.24, 2.45) is 0 Å². The standard InChI is InChI=1S/C13H18BrNO3/c1-15-5-6-17-11(8-15)9-18-13-4-3-10(16-2)7-12(13)14/h3-4,7,11H,5-6,8-9H2,1-2H3. The van der Waals surface area contributed by atoms with Crippen LogP contribution in [0.3, 0.4) is 0 Å². The van der Waals surface area contributed by atoms with Crippen LogP contribution in [0.4, 0.5) is 0 Å². The highest BCUT2D eigenvalue weighted by Gasteiger charge is 2.18. The molecule has 1 unspecified atom stereocenters. The highest BCUT2D eigenvalue weighted by Crippen LogP contribution is 2.29. The van der Waals surface area contributed by atoms with Gasteiger partial charge in [-0.15, -0.1) is 0 Å². The van der Waals surface area contributed by atoms with Gasteiger partial charge in [-0.2, -0.15) is 0 Å². The summed E-state index contributed by atoms with van der Waals surface area (Å²) in [6.45, 7) is 3.24. The predicted octanol–water partition coefficient (Wildman–Crippen LogP) is 2.17. The van der Waals surface area contributed by atoms with Crippen LogP contribution in [0.2, 0.25) is 0 Å². The van der Waals surface area contributed by atoms with E-state index in [0.29, 0.717) is 6.61 Å². The number of ether oxygens (including phenoxy) is 3. The first-order valence-corrected chi connectivity index (χ1v) is 6.75. The average Bonchev–Trinajstić information content (AvgIpc) is 2.37. The van der Waals surface area contributed by atoms with Crippen LogP contribution < -0.4 is 9.47 Å². The molecule has 0 saturated carbocycles. The highest BCUT2D eigenvalue weighted by atomic mass is 79.9. The fourth-order valence-electron chi connectivity index (χ4n) is 1.88. The minimum atomic E-state index is 0.137. The summed E-state index contributed by atoms with van der Waals surface area (Å²) in [6.07, 6.45) is 0.137. The molecule has 0 amide bonds. The molecule has 5 heteroatoms. The number of hydrogen-bond donors (Lipinski definition) is 0. The van der Waals surface area contributed by atoms with Crippen LogP contribution in [0.25, 0.3) is 0 Å². The van der Waals surface area contributed by atoms with Crippen LogP contribution in [0.15, 0.2) is 22.7 Å². The Kier molecular flexibility index (Phi) is 4.86. The van der Waals surface area contributed by atoms with E-state index in [1.807, 2.05) is 18.2 Å². The molecule has 1 heterocycles. The lowest BCUT2D eigenvalue weighted by atomic mass is 10.3. The van der Waals surface area contributed by atoms with E-state index >= 15 is 0 Å². The van der Waals surface area contributed by atoms with Crippen LogP contribution in [0, 0.1) is 0 Å². The van der Waals surface area contributed by atoms with Crippen molar-refractivity contribution in [1.29, 1.82) is 0 Å². The summed E-state index contributed by atoms with van der Waals surface area (Å²) in [5.74, 6) is 1.62. The van der Waals surface area contributed by atoms with E-state index in [0.717, 1.165) is 35.7 Å². The fourth-order valence-corrected chi connectivity index (χ4v) is 2.35. The first-order valence-electron chi connectivity index (χ1n) is 5.95. The summed E-state index contributed by atoms with van der Waals surface area (Å²) in [7, 11) is 3.74. The van der Waals surface area contributed by atoms with Gasteiger partial charge in [0.15, 0.2) is 0 Å². The maximum atomic E-state index is 5.77. The van der Waals surface area contributed by atoms with Gasteiger partial charge in [-0.05, 0) is 41.2 Å². The van der Waals surface area contributed by atoms with E-state index in [-0.39, 0.29) is 6.10 Å². The Morgan fingerprint density at radius 1 is 1.50 bits per heavy atom. The summed E-state index contributed by atoms with van der Waals surface area (Å²) in [6, 6.07) is 5.67. The predicted molar refractivity (Wildman–Crippen MR) is 73.4 cm³/mol. The van der Waals surface area contributed by atoms with Crippen molar-refractivity contribution in [3.05, 3.63) is 22.7 Å². The molecule has 0 N–H and O–H groups in total. The summed E-state index contributed by atoms with van der Waals surface area (Å²) in [5.41, 5.74) is 0. The van der Waals surface area contributed by atoms with Crippen molar-refractivity contribution >= 4 is 15.9 Å². The van der Waals surface area contributed by atoms with Gasteiger partial charge in [-0.25, -0.2) is 0 Å². The maximum absolute atomic E-state index is 5.77. The summed E-state index contributed by atoms with van der Waals surface area (Å²) >= 11 is 3.47. The number of benzene rings is 1. The van der Waals surface area contributed by atoms with Gasteiger partial charge in [0, 0.05) is 13.1 Å². The van der Waals surface area contributed by atoms with Crippen LogP contribution in [-0.2, 0) is 4.74 Å². The van der Waals surface area contributed by atoms with Crippen molar-refractivity contribution in [3.8, 4) is 11.5 Å². The zero-order valence-electron chi connectivity index (χ0n) is 10.7. The number of hydrogen-bond acceptors (Lipinski definition) is 4. The third kappa shape index (κ3) is 3.60. The van der Waals surface area contributed by atoms with E-state index < -0.39 is 0 Å². The Morgan fingerprint density at radius 2 is 2.33 bits per heavy atom. The molecule has 1 atom stereocenters. The second-order valence-electron chi connectivity index (χ2n) is 4.36. The van der Waals surface area contributed by atoms with Crippen molar-refractivity contribution in [1.82, 2.24) is 4.90 Å². The normalized spacial score (nSPS) is 20.7. The third-order valence-electron chi connectivity index (χ3n) is 2.91. The van der Waals surface area contributed by atoms with Crippen LogP contribution in [0.1, 0.15) is 0 Å². The Labute approximate surface area is 116 Å². The lowest BCUT2D eigenvalue weighted by Crippen LogP contribution is -2.42. The molecule has 1 aliphatic rings. The largest absolute Gasteiger partial charge is 0.497 e. The molecule has 0 bridgehead atoms. The summed E-state index contributed by atoms with van der Waals surface area (Å²) in [4.78, 5) is 2.25. The van der Waals surface area contributed by atoms with Crippen LogP contribution in [-0.4, -0.2) is 51.5 Å². The Balaban J connectivity index is 1.89. The smallest absolute Gasteiger partial charge is 0.133 e. The molecule has 2 rings (SSSR count). The Morgan fingerprint density at radius 3 is 3.00 bits per heavy atom. The van der Waals surface area contributed by atoms with Crippen LogP contribution >= 0.6 is 15.9 Å². The van der Waals surface area contributed by atoms with Gasteiger partial charge in [0.1, 0.15) is 24.2 Å². The number of morpholine rings is 1. The fraction of sp³-hybridized carbons (Fsp3) is 0.538.